The summed E-state index contributed by atoms with van der Waals surface area (Å²) in [7, 11) is 6.21. The van der Waals surface area contributed by atoms with Crippen molar-refractivity contribution in [3.05, 3.63) is 76.9 Å². The molecule has 3 aromatic rings. The van der Waals surface area contributed by atoms with Crippen molar-refractivity contribution >= 4 is 12.0 Å². The van der Waals surface area contributed by atoms with Crippen molar-refractivity contribution in [3.63, 3.8) is 0 Å². The van der Waals surface area contributed by atoms with E-state index in [0.29, 0.717) is 11.6 Å². The molecule has 0 amide bonds. The molecule has 1 fully saturated rings. The molecule has 264 valence electrons. The highest BCUT2D eigenvalue weighted by Gasteiger charge is 2.32. The minimum Gasteiger partial charge on any atom is -0.374 e. The van der Waals surface area contributed by atoms with Crippen LogP contribution in [0.15, 0.2) is 54.3 Å². The highest BCUT2D eigenvalue weighted by molar-refractivity contribution is 5.75. The van der Waals surface area contributed by atoms with Crippen LogP contribution in [0.1, 0.15) is 55.3 Å². The fourth-order valence-electron chi connectivity index (χ4n) is 7.88. The quantitative estimate of drug-likeness (QED) is 0.347. The van der Waals surface area contributed by atoms with Gasteiger partial charge in [0.1, 0.15) is 12.1 Å². The van der Waals surface area contributed by atoms with Crippen molar-refractivity contribution in [2.75, 3.05) is 64.8 Å². The Morgan fingerprint density at radius 3 is 2.61 bits per heavy atom. The van der Waals surface area contributed by atoms with Gasteiger partial charge in [0.25, 0.3) is 6.43 Å². The molecule has 1 saturated heterocycles. The fraction of sp³-hybridized carbons (Fsp3) is 0.541. The lowest BCUT2D eigenvalue weighted by molar-refractivity contribution is -0.106. The van der Waals surface area contributed by atoms with E-state index in [1.165, 1.54) is 29.7 Å². The molecule has 1 unspecified atom stereocenters. The molecule has 0 spiro atoms. The highest BCUT2D eigenvalue weighted by Crippen LogP contribution is 2.41. The topological polar surface area (TPSA) is 77.7 Å². The van der Waals surface area contributed by atoms with Crippen LogP contribution in [-0.2, 0) is 37.8 Å². The van der Waals surface area contributed by atoms with Crippen molar-refractivity contribution in [2.45, 2.75) is 64.6 Å². The number of anilines is 1. The first kappa shape index (κ1) is 35.0. The van der Waals surface area contributed by atoms with Gasteiger partial charge in [-0.2, -0.15) is 5.10 Å². The number of piperazine rings is 1. The lowest BCUT2D eigenvalue weighted by Gasteiger charge is -2.42. The predicted octanol–water partition coefficient (Wildman–Crippen LogP) is 4.63. The SMILES string of the molecule is C=C(C1=C(N(C)C2CCn3c(cnc3CN3CCNCC3)C2)CCN(C)C1)N1CCCc2cc(-c3cnn(C)c3)c(C(F)F)cc21.CC=O. The number of likely N-dealkylation sites (N-methyl/N-ethyl adjacent to an activating group) is 2. The molecule has 0 bridgehead atoms. The number of halogens is 2. The van der Waals surface area contributed by atoms with Gasteiger partial charge in [-0.05, 0) is 56.5 Å². The maximum atomic E-state index is 14.5. The van der Waals surface area contributed by atoms with Crippen molar-refractivity contribution in [1.29, 1.82) is 0 Å². The Bertz CT molecular complexity index is 1670. The van der Waals surface area contributed by atoms with E-state index < -0.39 is 6.43 Å². The molecule has 7 rings (SSSR count). The summed E-state index contributed by atoms with van der Waals surface area (Å²) in [5.74, 6) is 1.18. The standard InChI is InChI=1S/C35H47F2N9.C2H4O/c1-24(45-11-5-6-25-16-29(26-19-40-42(3)21-26)30(35(36)37)18-33(25)45)31-22-41(2)12-8-32(31)43(4)27-7-13-46-28(17-27)20-39-34(46)23-44-14-9-38-10-15-44;1-2-3/h16,18-21,27,35,38H,1,5-15,17,22-23H2,2-4H3;2H,1H3. The number of carbonyl (C=O) groups excluding carboxylic acids is 1. The van der Waals surface area contributed by atoms with E-state index in [4.69, 9.17) is 9.78 Å². The van der Waals surface area contributed by atoms with Crippen LogP contribution in [0.4, 0.5) is 14.5 Å². The Morgan fingerprint density at radius 2 is 1.90 bits per heavy atom. The summed E-state index contributed by atoms with van der Waals surface area (Å²) in [6, 6.07) is 4.05. The monoisotopic (exact) mass is 675 g/mol. The van der Waals surface area contributed by atoms with E-state index >= 15 is 0 Å². The summed E-state index contributed by atoms with van der Waals surface area (Å²) < 4.78 is 33.1. The number of benzene rings is 1. The van der Waals surface area contributed by atoms with Crippen molar-refractivity contribution < 1.29 is 13.6 Å². The average Bonchev–Trinajstić information content (AvgIpc) is 3.73. The number of aldehydes is 1. The average molecular weight is 676 g/mol. The molecule has 0 radical (unpaired) electrons. The Labute approximate surface area is 289 Å². The van der Waals surface area contributed by atoms with Crippen LogP contribution < -0.4 is 10.2 Å². The maximum absolute atomic E-state index is 14.5. The zero-order valence-corrected chi connectivity index (χ0v) is 29.5. The molecule has 1 N–H and O–H groups in total. The van der Waals surface area contributed by atoms with E-state index in [0.717, 1.165) is 120 Å². The van der Waals surface area contributed by atoms with Crippen molar-refractivity contribution in [3.8, 4) is 11.1 Å². The van der Waals surface area contributed by atoms with Crippen LogP contribution in [0.25, 0.3) is 11.1 Å². The van der Waals surface area contributed by atoms with Gasteiger partial charge in [0.2, 0.25) is 0 Å². The summed E-state index contributed by atoms with van der Waals surface area (Å²) in [6.45, 7) is 14.8. The molecular formula is C37H51F2N9O. The number of imidazole rings is 1. The zero-order chi connectivity index (χ0) is 34.7. The zero-order valence-electron chi connectivity index (χ0n) is 29.5. The summed E-state index contributed by atoms with van der Waals surface area (Å²) in [4.78, 5) is 23.2. The Hall–Kier alpha value is -3.87. The predicted molar refractivity (Wildman–Crippen MR) is 190 cm³/mol. The number of nitrogens with zero attached hydrogens (tertiary/aromatic N) is 8. The van der Waals surface area contributed by atoms with Crippen molar-refractivity contribution in [2.24, 2.45) is 7.05 Å². The van der Waals surface area contributed by atoms with Gasteiger partial charge in [0.05, 0.1) is 12.7 Å². The van der Waals surface area contributed by atoms with E-state index in [9.17, 15) is 8.78 Å². The van der Waals surface area contributed by atoms with E-state index in [1.807, 2.05) is 19.3 Å². The Morgan fingerprint density at radius 1 is 1.12 bits per heavy atom. The smallest absolute Gasteiger partial charge is 0.264 e. The second-order valence-electron chi connectivity index (χ2n) is 13.7. The van der Waals surface area contributed by atoms with Crippen LogP contribution in [0.2, 0.25) is 0 Å². The van der Waals surface area contributed by atoms with Gasteiger partial charge in [-0.3, -0.25) is 9.58 Å². The molecule has 10 nitrogen and oxygen atoms in total. The molecule has 49 heavy (non-hydrogen) atoms. The number of aromatic nitrogens is 4. The molecule has 4 aliphatic heterocycles. The first-order valence-electron chi connectivity index (χ1n) is 17.6. The number of hydrogen-bond acceptors (Lipinski definition) is 8. The number of hydrogen-bond donors (Lipinski definition) is 1. The molecule has 2 aromatic heterocycles. The third-order valence-electron chi connectivity index (χ3n) is 10.5. The second kappa shape index (κ2) is 15.3. The van der Waals surface area contributed by atoms with Crippen LogP contribution in [0.3, 0.4) is 0 Å². The third kappa shape index (κ3) is 7.51. The number of nitrogens with one attached hydrogen (secondary N) is 1. The van der Waals surface area contributed by atoms with E-state index in [-0.39, 0.29) is 5.56 Å². The lowest BCUT2D eigenvalue weighted by atomic mass is 9.91. The van der Waals surface area contributed by atoms with Gasteiger partial charge in [-0.15, -0.1) is 0 Å². The maximum Gasteiger partial charge on any atom is 0.264 e. The van der Waals surface area contributed by atoms with E-state index in [2.05, 4.69) is 61.5 Å². The minimum atomic E-state index is -2.59. The molecular weight excluding hydrogens is 624 g/mol. The number of alkyl halides is 2. The molecule has 0 aliphatic carbocycles. The van der Waals surface area contributed by atoms with Gasteiger partial charge in [-0.1, -0.05) is 6.58 Å². The van der Waals surface area contributed by atoms with Gasteiger partial charge in [-0.25, -0.2) is 13.8 Å². The van der Waals surface area contributed by atoms with Gasteiger partial charge in [0, 0.05) is 137 Å². The first-order valence-corrected chi connectivity index (χ1v) is 17.6. The van der Waals surface area contributed by atoms with Gasteiger partial charge < -0.3 is 29.4 Å². The van der Waals surface area contributed by atoms with Crippen LogP contribution in [0, 0.1) is 0 Å². The number of rotatable bonds is 8. The number of aryl methyl sites for hydroxylation is 2. The second-order valence-corrected chi connectivity index (χ2v) is 13.7. The largest absolute Gasteiger partial charge is 0.374 e. The number of carbonyl (C=O) groups is 1. The van der Waals surface area contributed by atoms with E-state index in [1.54, 1.807) is 16.9 Å². The Balaban J connectivity index is 0.00000134. The normalized spacial score (nSPS) is 20.1. The summed E-state index contributed by atoms with van der Waals surface area (Å²) in [5, 5.41) is 7.68. The molecule has 6 heterocycles. The Kier molecular flexibility index (Phi) is 11.0. The molecule has 12 heteroatoms. The summed E-state index contributed by atoms with van der Waals surface area (Å²) >= 11 is 0. The molecule has 4 aliphatic rings. The lowest BCUT2D eigenvalue weighted by Crippen LogP contribution is -2.44. The third-order valence-corrected chi connectivity index (χ3v) is 10.5. The van der Waals surface area contributed by atoms with Gasteiger partial charge in [0.15, 0.2) is 0 Å². The molecule has 0 saturated carbocycles. The first-order chi connectivity index (χ1) is 23.7. The van der Waals surface area contributed by atoms with Crippen LogP contribution >= 0.6 is 0 Å². The fourth-order valence-corrected chi connectivity index (χ4v) is 7.88. The summed E-state index contributed by atoms with van der Waals surface area (Å²) in [5.41, 5.74) is 8.09. The van der Waals surface area contributed by atoms with Gasteiger partial charge >= 0.3 is 0 Å². The molecule has 1 atom stereocenters. The number of fused-ring (bicyclic) bond motifs is 2. The van der Waals surface area contributed by atoms with Crippen molar-refractivity contribution in [1.82, 2.24) is 39.3 Å². The highest BCUT2D eigenvalue weighted by atomic mass is 19.3. The summed E-state index contributed by atoms with van der Waals surface area (Å²) in [6.07, 6.45) is 8.50. The molecule has 1 aromatic carbocycles. The van der Waals surface area contributed by atoms with Crippen LogP contribution in [0.5, 0.6) is 0 Å². The van der Waals surface area contributed by atoms with Crippen LogP contribution in [-0.4, -0.2) is 106 Å². The minimum absolute atomic E-state index is 0.0497.